The molecule has 0 amide bonds. The number of ether oxygens (including phenoxy) is 4. The lowest BCUT2D eigenvalue weighted by atomic mass is 9.99. The Hall–Kier alpha value is -1.94. The number of aliphatic hydroxyl groups excluding tert-OH is 1. The molecule has 522 valence electrons. The summed E-state index contributed by atoms with van der Waals surface area (Å²) in [6.45, 7) is 7.22. The van der Waals surface area contributed by atoms with Gasteiger partial charge in [-0.05, 0) is 31.6 Å². The van der Waals surface area contributed by atoms with E-state index in [2.05, 4.69) is 34.6 Å². The molecular formula is C69H134O17P2. The molecule has 88 heavy (non-hydrogen) atoms. The van der Waals surface area contributed by atoms with Crippen molar-refractivity contribution in [2.75, 3.05) is 39.6 Å². The molecule has 0 aromatic rings. The number of unbranched alkanes of at least 4 members (excludes halogenated alkanes) is 40. The third kappa shape index (κ3) is 61.6. The van der Waals surface area contributed by atoms with Crippen molar-refractivity contribution in [2.45, 2.75) is 374 Å². The second kappa shape index (κ2) is 62.5. The predicted molar refractivity (Wildman–Crippen MR) is 354 cm³/mol. The van der Waals surface area contributed by atoms with E-state index in [1.807, 2.05) is 0 Å². The largest absolute Gasteiger partial charge is 0.472 e. The number of phosphoric ester groups is 2. The van der Waals surface area contributed by atoms with Gasteiger partial charge in [0, 0.05) is 25.7 Å². The molecule has 6 atom stereocenters. The summed E-state index contributed by atoms with van der Waals surface area (Å²) in [5.41, 5.74) is 0. The van der Waals surface area contributed by atoms with Crippen molar-refractivity contribution >= 4 is 39.5 Å². The van der Waals surface area contributed by atoms with Gasteiger partial charge in [-0.15, -0.1) is 0 Å². The second-order valence-electron chi connectivity index (χ2n) is 25.2. The van der Waals surface area contributed by atoms with Gasteiger partial charge in [-0.25, -0.2) is 9.13 Å². The van der Waals surface area contributed by atoms with Crippen LogP contribution in [0.1, 0.15) is 356 Å². The SMILES string of the molecule is CCCCCCCCCCCCCCCCCCCC(=O)O[C@H](COC(=O)CCCCCCCCCCC(C)CC)COP(=O)(O)OC[C@@H](O)COP(=O)(O)OC[C@@H](COC(=O)CCCCCCCCCCC)OC(=O)CCCCCCCCCCCC. The minimum atomic E-state index is -4.95. The van der Waals surface area contributed by atoms with Crippen molar-refractivity contribution in [3.63, 3.8) is 0 Å². The van der Waals surface area contributed by atoms with Gasteiger partial charge in [-0.1, -0.05) is 304 Å². The fourth-order valence-electron chi connectivity index (χ4n) is 10.4. The molecule has 0 aliphatic rings. The lowest BCUT2D eigenvalue weighted by molar-refractivity contribution is -0.161. The maximum atomic E-state index is 13.0. The van der Waals surface area contributed by atoms with Crippen LogP contribution in [0.15, 0.2) is 0 Å². The molecule has 0 fully saturated rings. The van der Waals surface area contributed by atoms with E-state index in [-0.39, 0.29) is 25.7 Å². The number of aliphatic hydroxyl groups is 1. The minimum absolute atomic E-state index is 0.107. The number of hydrogen-bond donors (Lipinski definition) is 3. The summed E-state index contributed by atoms with van der Waals surface area (Å²) in [5.74, 6) is -1.35. The molecule has 0 aliphatic carbocycles. The Kier molecular flexibility index (Phi) is 61.1. The number of rotatable bonds is 69. The van der Waals surface area contributed by atoms with Gasteiger partial charge in [-0.2, -0.15) is 0 Å². The quantitative estimate of drug-likeness (QED) is 0.0222. The first-order valence-corrected chi connectivity index (χ1v) is 39.2. The molecule has 3 unspecified atom stereocenters. The minimum Gasteiger partial charge on any atom is -0.462 e. The van der Waals surface area contributed by atoms with Crippen molar-refractivity contribution < 1.29 is 80.2 Å². The van der Waals surface area contributed by atoms with E-state index in [1.54, 1.807) is 0 Å². The number of phosphoric acid groups is 2. The first-order valence-electron chi connectivity index (χ1n) is 36.2. The summed E-state index contributed by atoms with van der Waals surface area (Å²) < 4.78 is 68.2. The van der Waals surface area contributed by atoms with E-state index in [4.69, 9.17) is 37.0 Å². The van der Waals surface area contributed by atoms with Crippen LogP contribution in [0.4, 0.5) is 0 Å². The third-order valence-electron chi connectivity index (χ3n) is 16.4. The molecule has 0 heterocycles. The lowest BCUT2D eigenvalue weighted by Crippen LogP contribution is -2.30. The van der Waals surface area contributed by atoms with Crippen molar-refractivity contribution in [1.29, 1.82) is 0 Å². The van der Waals surface area contributed by atoms with Gasteiger partial charge in [0.25, 0.3) is 0 Å². The molecule has 0 saturated heterocycles. The van der Waals surface area contributed by atoms with Gasteiger partial charge in [0.1, 0.15) is 19.3 Å². The van der Waals surface area contributed by atoms with E-state index < -0.39 is 97.5 Å². The third-order valence-corrected chi connectivity index (χ3v) is 18.3. The molecule has 0 saturated carbocycles. The Morgan fingerprint density at radius 3 is 0.807 bits per heavy atom. The van der Waals surface area contributed by atoms with Gasteiger partial charge in [0.05, 0.1) is 26.4 Å². The van der Waals surface area contributed by atoms with Crippen LogP contribution in [0.5, 0.6) is 0 Å². The number of carbonyl (C=O) groups is 4. The molecule has 0 bridgehead atoms. The van der Waals surface area contributed by atoms with Crippen LogP contribution in [0, 0.1) is 5.92 Å². The molecule has 0 rings (SSSR count). The summed E-state index contributed by atoms with van der Waals surface area (Å²) >= 11 is 0. The van der Waals surface area contributed by atoms with Gasteiger partial charge < -0.3 is 33.8 Å². The molecule has 0 aromatic carbocycles. The van der Waals surface area contributed by atoms with E-state index in [0.717, 1.165) is 95.8 Å². The molecule has 0 radical (unpaired) electrons. The van der Waals surface area contributed by atoms with Gasteiger partial charge in [0.2, 0.25) is 0 Å². The zero-order valence-electron chi connectivity index (χ0n) is 56.9. The Bertz CT molecular complexity index is 1710. The first kappa shape index (κ1) is 86.1. The fourth-order valence-corrected chi connectivity index (χ4v) is 12.0. The molecule has 0 aromatic heterocycles. The molecule has 0 aliphatic heterocycles. The van der Waals surface area contributed by atoms with Crippen LogP contribution < -0.4 is 0 Å². The summed E-state index contributed by atoms with van der Waals surface area (Å²) in [6, 6.07) is 0. The van der Waals surface area contributed by atoms with Gasteiger partial charge in [0.15, 0.2) is 12.2 Å². The highest BCUT2D eigenvalue weighted by atomic mass is 31.2. The Morgan fingerprint density at radius 2 is 0.545 bits per heavy atom. The van der Waals surface area contributed by atoms with E-state index >= 15 is 0 Å². The normalized spacial score (nSPS) is 14.4. The monoisotopic (exact) mass is 1300 g/mol. The van der Waals surface area contributed by atoms with Crippen LogP contribution in [0.3, 0.4) is 0 Å². The average molecular weight is 1300 g/mol. The van der Waals surface area contributed by atoms with Gasteiger partial charge in [-0.3, -0.25) is 37.3 Å². The van der Waals surface area contributed by atoms with Gasteiger partial charge >= 0.3 is 39.5 Å². The highest BCUT2D eigenvalue weighted by Crippen LogP contribution is 2.45. The van der Waals surface area contributed by atoms with Crippen LogP contribution in [0.25, 0.3) is 0 Å². The highest BCUT2D eigenvalue weighted by Gasteiger charge is 2.30. The summed E-state index contributed by atoms with van der Waals surface area (Å²) in [6.07, 6.45) is 48.5. The molecule has 19 heteroatoms. The Labute approximate surface area is 537 Å². The molecule has 3 N–H and O–H groups in total. The highest BCUT2D eigenvalue weighted by molar-refractivity contribution is 7.47. The zero-order chi connectivity index (χ0) is 64.9. The molecule has 17 nitrogen and oxygen atoms in total. The lowest BCUT2D eigenvalue weighted by Gasteiger charge is -2.21. The standard InChI is InChI=1S/C69H134O17P2/c1-6-10-13-16-19-22-24-25-26-27-28-29-30-33-40-45-50-55-69(74)86-65(59-80-67(72)53-48-43-38-35-34-36-41-46-51-62(5)9-4)61-84-88(77,78)82-57-63(70)56-81-87(75,76)83-60-64(58-79-66(71)52-47-42-37-31-21-18-15-12-8-3)85-68(73)54-49-44-39-32-23-20-17-14-11-7-2/h62-65,70H,6-61H2,1-5H3,(H,75,76)(H,77,78)/t62?,63-,64+,65+/m0/s1. The second-order valence-corrected chi connectivity index (χ2v) is 28.1. The number of carbonyl (C=O) groups excluding carboxylic acids is 4. The van der Waals surface area contributed by atoms with Crippen LogP contribution in [-0.4, -0.2) is 96.7 Å². The van der Waals surface area contributed by atoms with E-state index in [9.17, 15) is 43.2 Å². The van der Waals surface area contributed by atoms with E-state index in [0.29, 0.717) is 25.7 Å². The maximum absolute atomic E-state index is 13.0. The zero-order valence-corrected chi connectivity index (χ0v) is 58.6. The fraction of sp³-hybridized carbons (Fsp3) is 0.942. The summed E-state index contributed by atoms with van der Waals surface area (Å²) in [4.78, 5) is 72.4. The van der Waals surface area contributed by atoms with E-state index in [1.165, 1.54) is 180 Å². The van der Waals surface area contributed by atoms with Crippen molar-refractivity contribution in [2.24, 2.45) is 5.92 Å². The van der Waals surface area contributed by atoms with Crippen molar-refractivity contribution in [3.8, 4) is 0 Å². The van der Waals surface area contributed by atoms with Crippen molar-refractivity contribution in [1.82, 2.24) is 0 Å². The average Bonchev–Trinajstić information content (AvgIpc) is 3.69. The topological polar surface area (TPSA) is 237 Å². The Morgan fingerprint density at radius 1 is 0.318 bits per heavy atom. The summed E-state index contributed by atoms with van der Waals surface area (Å²) in [7, 11) is -9.89. The molecular weight excluding hydrogens is 1160 g/mol. The Balaban J connectivity index is 5.22. The van der Waals surface area contributed by atoms with Crippen LogP contribution in [-0.2, 0) is 65.4 Å². The first-order chi connectivity index (χ1) is 42.6. The van der Waals surface area contributed by atoms with Crippen LogP contribution >= 0.6 is 15.6 Å². The van der Waals surface area contributed by atoms with Crippen LogP contribution in [0.2, 0.25) is 0 Å². The smallest absolute Gasteiger partial charge is 0.462 e. The molecule has 0 spiro atoms. The summed E-state index contributed by atoms with van der Waals surface area (Å²) in [5, 5.41) is 10.6. The number of hydrogen-bond acceptors (Lipinski definition) is 15. The maximum Gasteiger partial charge on any atom is 0.472 e. The predicted octanol–water partition coefficient (Wildman–Crippen LogP) is 19.7. The van der Waals surface area contributed by atoms with Crippen molar-refractivity contribution in [3.05, 3.63) is 0 Å². The number of esters is 4.